The minimum Gasteiger partial charge on any atom is -0.469 e. The Kier molecular flexibility index (Phi) is 6.02. The van der Waals surface area contributed by atoms with E-state index in [4.69, 9.17) is 0 Å². The SMILES string of the molecule is COC(=O)CCNC(=O)/C=C/C(=O)c1ccccc1. The van der Waals surface area contributed by atoms with Gasteiger partial charge in [0, 0.05) is 18.2 Å². The number of ketones is 1. The van der Waals surface area contributed by atoms with Crippen LogP contribution in [0.5, 0.6) is 0 Å². The molecule has 5 heteroatoms. The Morgan fingerprint density at radius 3 is 2.47 bits per heavy atom. The highest BCUT2D eigenvalue weighted by molar-refractivity contribution is 6.07. The lowest BCUT2D eigenvalue weighted by Crippen LogP contribution is -2.24. The highest BCUT2D eigenvalue weighted by atomic mass is 16.5. The molecule has 0 bridgehead atoms. The number of allylic oxidation sites excluding steroid dienone is 1. The molecule has 1 aromatic carbocycles. The van der Waals surface area contributed by atoms with Crippen LogP contribution < -0.4 is 5.32 Å². The van der Waals surface area contributed by atoms with Crippen molar-refractivity contribution in [3.05, 3.63) is 48.0 Å². The molecule has 0 atom stereocenters. The Morgan fingerprint density at radius 1 is 1.16 bits per heavy atom. The van der Waals surface area contributed by atoms with E-state index in [9.17, 15) is 14.4 Å². The van der Waals surface area contributed by atoms with Gasteiger partial charge in [0.05, 0.1) is 13.5 Å². The third kappa shape index (κ3) is 5.63. The number of hydrogen-bond donors (Lipinski definition) is 1. The fraction of sp³-hybridized carbons (Fsp3) is 0.214. The van der Waals surface area contributed by atoms with E-state index >= 15 is 0 Å². The van der Waals surface area contributed by atoms with Gasteiger partial charge >= 0.3 is 5.97 Å². The molecule has 0 aliphatic heterocycles. The van der Waals surface area contributed by atoms with Crippen LogP contribution in [0.4, 0.5) is 0 Å². The van der Waals surface area contributed by atoms with Crippen molar-refractivity contribution in [1.29, 1.82) is 0 Å². The fourth-order valence-electron chi connectivity index (χ4n) is 1.30. The number of ether oxygens (including phenoxy) is 1. The minimum absolute atomic E-state index is 0.0999. The molecule has 0 aliphatic carbocycles. The summed E-state index contributed by atoms with van der Waals surface area (Å²) in [6.07, 6.45) is 2.44. The molecule has 0 radical (unpaired) electrons. The lowest BCUT2D eigenvalue weighted by Gasteiger charge is -2.00. The topological polar surface area (TPSA) is 72.5 Å². The number of nitrogens with one attached hydrogen (secondary N) is 1. The number of methoxy groups -OCH3 is 1. The summed E-state index contributed by atoms with van der Waals surface area (Å²) in [6, 6.07) is 8.64. The average Bonchev–Trinajstić information content (AvgIpc) is 2.45. The molecule has 0 spiro atoms. The summed E-state index contributed by atoms with van der Waals surface area (Å²) in [4.78, 5) is 33.8. The second-order valence-corrected chi connectivity index (χ2v) is 3.68. The number of hydrogen-bond acceptors (Lipinski definition) is 4. The summed E-state index contributed by atoms with van der Waals surface area (Å²) in [5.41, 5.74) is 0.515. The van der Waals surface area contributed by atoms with Crippen LogP contribution in [-0.2, 0) is 14.3 Å². The first-order chi connectivity index (χ1) is 9.13. The van der Waals surface area contributed by atoms with Crippen molar-refractivity contribution >= 4 is 17.7 Å². The van der Waals surface area contributed by atoms with Crippen LogP contribution >= 0.6 is 0 Å². The van der Waals surface area contributed by atoms with Gasteiger partial charge in [-0.15, -0.1) is 0 Å². The Bertz CT molecular complexity index is 479. The molecular weight excluding hydrogens is 246 g/mol. The monoisotopic (exact) mass is 261 g/mol. The first-order valence-electron chi connectivity index (χ1n) is 5.75. The lowest BCUT2D eigenvalue weighted by atomic mass is 10.1. The van der Waals surface area contributed by atoms with E-state index in [1.54, 1.807) is 30.3 Å². The van der Waals surface area contributed by atoms with Gasteiger partial charge in [-0.05, 0) is 6.08 Å². The molecule has 100 valence electrons. The van der Waals surface area contributed by atoms with E-state index in [-0.39, 0.29) is 18.7 Å². The number of carbonyl (C=O) groups excluding carboxylic acids is 3. The number of benzene rings is 1. The van der Waals surface area contributed by atoms with Crippen LogP contribution in [0.2, 0.25) is 0 Å². The summed E-state index contributed by atoms with van der Waals surface area (Å²) >= 11 is 0. The zero-order chi connectivity index (χ0) is 14.1. The molecule has 0 unspecified atom stereocenters. The van der Waals surface area contributed by atoms with Crippen LogP contribution in [0, 0.1) is 0 Å². The summed E-state index contributed by atoms with van der Waals surface area (Å²) in [5.74, 6) is -1.07. The van der Waals surface area contributed by atoms with E-state index in [2.05, 4.69) is 10.1 Å². The van der Waals surface area contributed by atoms with Crippen LogP contribution in [0.25, 0.3) is 0 Å². The molecule has 1 amide bonds. The summed E-state index contributed by atoms with van der Waals surface area (Å²) in [6.45, 7) is 0.176. The van der Waals surface area contributed by atoms with Crippen molar-refractivity contribution in [2.24, 2.45) is 0 Å². The normalized spacial score (nSPS) is 10.2. The highest BCUT2D eigenvalue weighted by Gasteiger charge is 2.03. The maximum absolute atomic E-state index is 11.6. The van der Waals surface area contributed by atoms with Gasteiger partial charge in [0.1, 0.15) is 0 Å². The van der Waals surface area contributed by atoms with Crippen molar-refractivity contribution < 1.29 is 19.1 Å². The largest absolute Gasteiger partial charge is 0.469 e. The Balaban J connectivity index is 2.38. The van der Waals surface area contributed by atoms with Crippen LogP contribution in [0.15, 0.2) is 42.5 Å². The maximum atomic E-state index is 11.6. The predicted molar refractivity (Wildman–Crippen MR) is 69.6 cm³/mol. The number of rotatable bonds is 6. The van der Waals surface area contributed by atoms with Crippen LogP contribution in [-0.4, -0.2) is 31.3 Å². The van der Waals surface area contributed by atoms with Gasteiger partial charge in [0.2, 0.25) is 5.91 Å². The predicted octanol–water partition coefficient (Wildman–Crippen LogP) is 1.10. The quantitative estimate of drug-likeness (QED) is 0.473. The van der Waals surface area contributed by atoms with Gasteiger partial charge in [-0.25, -0.2) is 0 Å². The summed E-state index contributed by atoms with van der Waals surface area (Å²) < 4.78 is 4.43. The van der Waals surface area contributed by atoms with Crippen LogP contribution in [0.3, 0.4) is 0 Å². The van der Waals surface area contributed by atoms with E-state index in [1.165, 1.54) is 13.2 Å². The van der Waals surface area contributed by atoms with E-state index < -0.39 is 11.9 Å². The zero-order valence-corrected chi connectivity index (χ0v) is 10.6. The van der Waals surface area contributed by atoms with Crippen molar-refractivity contribution in [2.45, 2.75) is 6.42 Å². The Labute approximate surface area is 111 Å². The molecule has 0 saturated carbocycles. The van der Waals surface area contributed by atoms with Crippen LogP contribution in [0.1, 0.15) is 16.8 Å². The first kappa shape index (κ1) is 14.6. The lowest BCUT2D eigenvalue weighted by molar-refractivity contribution is -0.140. The van der Waals surface area contributed by atoms with E-state index in [1.807, 2.05) is 0 Å². The molecular formula is C14H15NO4. The Morgan fingerprint density at radius 2 is 1.84 bits per heavy atom. The molecule has 0 aliphatic rings. The minimum atomic E-state index is -0.423. The third-order valence-electron chi connectivity index (χ3n) is 2.30. The molecule has 1 rings (SSSR count). The number of carbonyl (C=O) groups is 3. The zero-order valence-electron chi connectivity index (χ0n) is 10.6. The smallest absolute Gasteiger partial charge is 0.307 e. The van der Waals surface area contributed by atoms with E-state index in [0.717, 1.165) is 6.08 Å². The summed E-state index contributed by atoms with van der Waals surface area (Å²) in [7, 11) is 1.28. The van der Waals surface area contributed by atoms with Gasteiger partial charge in [-0.1, -0.05) is 30.3 Å². The fourth-order valence-corrected chi connectivity index (χ4v) is 1.30. The third-order valence-corrected chi connectivity index (χ3v) is 2.30. The molecule has 1 aromatic rings. The standard InChI is InChI=1S/C14H15NO4/c1-19-14(18)9-10-15-13(17)8-7-12(16)11-5-3-2-4-6-11/h2-8H,9-10H2,1H3,(H,15,17)/b8-7+. The maximum Gasteiger partial charge on any atom is 0.307 e. The van der Waals surface area contributed by atoms with Gasteiger partial charge in [0.15, 0.2) is 5.78 Å². The van der Waals surface area contributed by atoms with Crippen molar-refractivity contribution in [1.82, 2.24) is 5.32 Å². The molecule has 1 N–H and O–H groups in total. The molecule has 19 heavy (non-hydrogen) atoms. The molecule has 0 fully saturated rings. The second kappa shape index (κ2) is 7.81. The van der Waals surface area contributed by atoms with Gasteiger partial charge in [-0.3, -0.25) is 14.4 Å². The molecule has 0 aromatic heterocycles. The van der Waals surface area contributed by atoms with Gasteiger partial charge < -0.3 is 10.1 Å². The highest BCUT2D eigenvalue weighted by Crippen LogP contribution is 2.00. The second-order valence-electron chi connectivity index (χ2n) is 3.68. The number of amides is 1. The van der Waals surface area contributed by atoms with Gasteiger partial charge in [-0.2, -0.15) is 0 Å². The van der Waals surface area contributed by atoms with Gasteiger partial charge in [0.25, 0.3) is 0 Å². The van der Waals surface area contributed by atoms with Crippen molar-refractivity contribution in [3.63, 3.8) is 0 Å². The molecule has 0 saturated heterocycles. The van der Waals surface area contributed by atoms with E-state index in [0.29, 0.717) is 5.56 Å². The molecule has 0 heterocycles. The first-order valence-corrected chi connectivity index (χ1v) is 5.75. The summed E-state index contributed by atoms with van der Waals surface area (Å²) in [5, 5.41) is 2.48. The van der Waals surface area contributed by atoms with Crippen molar-refractivity contribution in [2.75, 3.05) is 13.7 Å². The average molecular weight is 261 g/mol. The van der Waals surface area contributed by atoms with Crippen molar-refractivity contribution in [3.8, 4) is 0 Å². The number of esters is 1. The Hall–Kier alpha value is -2.43. The molecule has 5 nitrogen and oxygen atoms in total.